The third-order valence-corrected chi connectivity index (χ3v) is 3.78. The van der Waals surface area contributed by atoms with E-state index in [-0.39, 0.29) is 5.82 Å². The summed E-state index contributed by atoms with van der Waals surface area (Å²) >= 11 is 1.64. The van der Waals surface area contributed by atoms with Crippen LogP contribution in [0.15, 0.2) is 30.5 Å². The zero-order valence-corrected chi connectivity index (χ0v) is 10.7. The fourth-order valence-corrected chi connectivity index (χ4v) is 2.57. The van der Waals surface area contributed by atoms with Gasteiger partial charge in [-0.15, -0.1) is 11.3 Å². The number of hydrogen-bond acceptors (Lipinski definition) is 3. The number of thiazole rings is 1. The van der Waals surface area contributed by atoms with Crippen LogP contribution in [0.4, 0.5) is 4.39 Å². The van der Waals surface area contributed by atoms with Crippen molar-refractivity contribution in [3.8, 4) is 10.6 Å². The van der Waals surface area contributed by atoms with E-state index in [0.29, 0.717) is 6.04 Å². The number of nitrogens with one attached hydrogen (secondary N) is 1. The second kappa shape index (κ2) is 5.38. The van der Waals surface area contributed by atoms with Gasteiger partial charge in [0.25, 0.3) is 0 Å². The third kappa shape index (κ3) is 2.90. The number of rotatable bonds is 4. The summed E-state index contributed by atoms with van der Waals surface area (Å²) < 4.78 is 12.8. The molecule has 0 radical (unpaired) electrons. The minimum Gasteiger partial charge on any atom is -0.310 e. The van der Waals surface area contributed by atoms with E-state index in [2.05, 4.69) is 24.1 Å². The number of nitrogens with zero attached hydrogens (tertiary/aromatic N) is 1. The summed E-state index contributed by atoms with van der Waals surface area (Å²) in [5.41, 5.74) is 0.964. The van der Waals surface area contributed by atoms with Gasteiger partial charge in [-0.25, -0.2) is 9.37 Å². The average Bonchev–Trinajstić information content (AvgIpc) is 2.80. The lowest BCUT2D eigenvalue weighted by atomic mass is 10.2. The summed E-state index contributed by atoms with van der Waals surface area (Å²) in [6.07, 6.45) is 1.89. The summed E-state index contributed by atoms with van der Waals surface area (Å²) in [5, 5.41) is 4.28. The first-order valence-electron chi connectivity index (χ1n) is 5.65. The molecule has 90 valence electrons. The number of hydrogen-bond donors (Lipinski definition) is 1. The summed E-state index contributed by atoms with van der Waals surface area (Å²) in [4.78, 5) is 5.58. The molecule has 0 saturated carbocycles. The standard InChI is InChI=1S/C13H15FN2S/c1-3-15-9(2)12-8-16-13(17-12)10-4-6-11(14)7-5-10/h4-9,15H,3H2,1-2H3. The molecule has 1 atom stereocenters. The highest BCUT2D eigenvalue weighted by atomic mass is 32.1. The van der Waals surface area contributed by atoms with Crippen LogP contribution in [0.5, 0.6) is 0 Å². The van der Waals surface area contributed by atoms with Gasteiger partial charge in [-0.3, -0.25) is 0 Å². The van der Waals surface area contributed by atoms with Gasteiger partial charge in [-0.05, 0) is 37.7 Å². The van der Waals surface area contributed by atoms with Crippen LogP contribution in [0.25, 0.3) is 10.6 Å². The molecule has 0 aliphatic rings. The first-order chi connectivity index (χ1) is 8.20. The molecule has 0 spiro atoms. The first kappa shape index (κ1) is 12.2. The second-order valence-corrected chi connectivity index (χ2v) is 4.92. The highest BCUT2D eigenvalue weighted by Crippen LogP contribution is 2.28. The van der Waals surface area contributed by atoms with Crippen molar-refractivity contribution in [2.24, 2.45) is 0 Å². The van der Waals surface area contributed by atoms with Gasteiger partial charge < -0.3 is 5.32 Å². The Morgan fingerprint density at radius 2 is 2.06 bits per heavy atom. The van der Waals surface area contributed by atoms with Crippen LogP contribution in [-0.4, -0.2) is 11.5 Å². The van der Waals surface area contributed by atoms with Crippen molar-refractivity contribution < 1.29 is 4.39 Å². The van der Waals surface area contributed by atoms with E-state index in [1.54, 1.807) is 23.5 Å². The van der Waals surface area contributed by atoms with E-state index in [1.807, 2.05) is 6.20 Å². The molecule has 0 fully saturated rings. The van der Waals surface area contributed by atoms with E-state index < -0.39 is 0 Å². The molecule has 4 heteroatoms. The largest absolute Gasteiger partial charge is 0.310 e. The summed E-state index contributed by atoms with van der Waals surface area (Å²) in [6, 6.07) is 6.76. The lowest BCUT2D eigenvalue weighted by molar-refractivity contribution is 0.606. The Hall–Kier alpha value is -1.26. The maximum Gasteiger partial charge on any atom is 0.123 e. The molecule has 0 amide bonds. The Morgan fingerprint density at radius 3 is 2.71 bits per heavy atom. The smallest absolute Gasteiger partial charge is 0.123 e. The second-order valence-electron chi connectivity index (χ2n) is 3.85. The van der Waals surface area contributed by atoms with Gasteiger partial charge in [0.1, 0.15) is 10.8 Å². The molecule has 2 rings (SSSR count). The van der Waals surface area contributed by atoms with Gasteiger partial charge in [0.2, 0.25) is 0 Å². The van der Waals surface area contributed by atoms with Crippen molar-refractivity contribution in [3.63, 3.8) is 0 Å². The first-order valence-corrected chi connectivity index (χ1v) is 6.47. The summed E-state index contributed by atoms with van der Waals surface area (Å²) in [7, 11) is 0. The Labute approximate surface area is 105 Å². The zero-order chi connectivity index (χ0) is 12.3. The molecule has 0 aliphatic heterocycles. The molecule has 1 unspecified atom stereocenters. The van der Waals surface area contributed by atoms with Crippen molar-refractivity contribution in [1.29, 1.82) is 0 Å². The summed E-state index contributed by atoms with van der Waals surface area (Å²) in [5.74, 6) is -0.216. The summed E-state index contributed by atoms with van der Waals surface area (Å²) in [6.45, 7) is 5.13. The lowest BCUT2D eigenvalue weighted by Gasteiger charge is -2.08. The van der Waals surface area contributed by atoms with Crippen LogP contribution in [0.3, 0.4) is 0 Å². The molecule has 1 heterocycles. The Balaban J connectivity index is 2.20. The average molecular weight is 250 g/mol. The van der Waals surface area contributed by atoms with E-state index in [9.17, 15) is 4.39 Å². The minimum atomic E-state index is -0.216. The van der Waals surface area contributed by atoms with Gasteiger partial charge in [-0.2, -0.15) is 0 Å². The SMILES string of the molecule is CCNC(C)c1cnc(-c2ccc(F)cc2)s1. The van der Waals surface area contributed by atoms with Crippen LogP contribution < -0.4 is 5.32 Å². The molecule has 2 nitrogen and oxygen atoms in total. The fourth-order valence-electron chi connectivity index (χ4n) is 1.62. The van der Waals surface area contributed by atoms with Gasteiger partial charge in [0.15, 0.2) is 0 Å². The van der Waals surface area contributed by atoms with Crippen molar-refractivity contribution in [1.82, 2.24) is 10.3 Å². The van der Waals surface area contributed by atoms with E-state index >= 15 is 0 Å². The fraction of sp³-hybridized carbons (Fsp3) is 0.308. The van der Waals surface area contributed by atoms with Gasteiger partial charge in [0, 0.05) is 22.7 Å². The molecule has 0 saturated heterocycles. The quantitative estimate of drug-likeness (QED) is 0.896. The Morgan fingerprint density at radius 1 is 1.35 bits per heavy atom. The van der Waals surface area contributed by atoms with Crippen molar-refractivity contribution in [2.75, 3.05) is 6.54 Å². The Kier molecular flexibility index (Phi) is 3.86. The van der Waals surface area contributed by atoms with Crippen molar-refractivity contribution >= 4 is 11.3 Å². The molecule has 17 heavy (non-hydrogen) atoms. The van der Waals surface area contributed by atoms with Gasteiger partial charge in [-0.1, -0.05) is 6.92 Å². The normalized spacial score (nSPS) is 12.6. The molecule has 1 aromatic heterocycles. The number of halogens is 1. The predicted molar refractivity (Wildman–Crippen MR) is 69.6 cm³/mol. The van der Waals surface area contributed by atoms with Crippen LogP contribution in [0.1, 0.15) is 24.8 Å². The van der Waals surface area contributed by atoms with Crippen LogP contribution in [0.2, 0.25) is 0 Å². The third-order valence-electron chi connectivity index (χ3n) is 2.55. The van der Waals surface area contributed by atoms with Crippen LogP contribution >= 0.6 is 11.3 Å². The van der Waals surface area contributed by atoms with Crippen molar-refractivity contribution in [2.45, 2.75) is 19.9 Å². The molecular weight excluding hydrogens is 235 g/mol. The molecule has 0 aliphatic carbocycles. The van der Waals surface area contributed by atoms with Gasteiger partial charge in [0.05, 0.1) is 0 Å². The van der Waals surface area contributed by atoms with Crippen LogP contribution in [-0.2, 0) is 0 Å². The number of benzene rings is 1. The highest BCUT2D eigenvalue weighted by Gasteiger charge is 2.09. The van der Waals surface area contributed by atoms with Crippen molar-refractivity contribution in [3.05, 3.63) is 41.2 Å². The molecule has 0 bridgehead atoms. The Bertz CT molecular complexity index is 478. The van der Waals surface area contributed by atoms with Crippen LogP contribution in [0, 0.1) is 5.82 Å². The minimum absolute atomic E-state index is 0.216. The highest BCUT2D eigenvalue weighted by molar-refractivity contribution is 7.15. The topological polar surface area (TPSA) is 24.9 Å². The van der Waals surface area contributed by atoms with E-state index in [0.717, 1.165) is 17.1 Å². The zero-order valence-electron chi connectivity index (χ0n) is 9.90. The van der Waals surface area contributed by atoms with E-state index in [4.69, 9.17) is 0 Å². The lowest BCUT2D eigenvalue weighted by Crippen LogP contribution is -2.16. The molecule has 1 aromatic carbocycles. The van der Waals surface area contributed by atoms with Gasteiger partial charge >= 0.3 is 0 Å². The maximum atomic E-state index is 12.8. The molecule has 2 aromatic rings. The monoisotopic (exact) mass is 250 g/mol. The predicted octanol–water partition coefficient (Wildman–Crippen LogP) is 3.62. The number of aromatic nitrogens is 1. The van der Waals surface area contributed by atoms with E-state index in [1.165, 1.54) is 17.0 Å². The molecule has 1 N–H and O–H groups in total. The molecular formula is C13H15FN2S. The maximum absolute atomic E-state index is 12.8.